The van der Waals surface area contributed by atoms with Crippen LogP contribution in [0.15, 0.2) is 17.1 Å². The minimum atomic E-state index is -3.94. The first-order valence-electron chi connectivity index (χ1n) is 8.65. The van der Waals surface area contributed by atoms with Crippen LogP contribution in [0.3, 0.4) is 0 Å². The number of hydrogen-bond donors (Lipinski definition) is 2. The molecule has 6 atom stereocenters. The minimum Gasteiger partial charge on any atom is -0.462 e. The van der Waals surface area contributed by atoms with Crippen molar-refractivity contribution in [1.82, 2.24) is 14.6 Å². The van der Waals surface area contributed by atoms with Gasteiger partial charge in [0, 0.05) is 6.20 Å². The summed E-state index contributed by atoms with van der Waals surface area (Å²) in [5, 5.41) is 1.07. The molecule has 0 aromatic carbocycles. The molecule has 1 unspecified atom stereocenters. The normalized spacial score (nSPS) is 33.5. The van der Waals surface area contributed by atoms with Gasteiger partial charge in [0.05, 0.1) is 18.0 Å². The van der Waals surface area contributed by atoms with Crippen molar-refractivity contribution in [2.75, 3.05) is 12.3 Å². The first-order valence-corrected chi connectivity index (χ1v) is 11.1. The summed E-state index contributed by atoms with van der Waals surface area (Å²) in [7, 11) is -3.94. The second-order valence-electron chi connectivity index (χ2n) is 6.75. The van der Waals surface area contributed by atoms with Crippen LogP contribution in [0.1, 0.15) is 26.1 Å². The number of carbonyl (C=O) groups excluding carboxylic acids is 1. The van der Waals surface area contributed by atoms with Crippen molar-refractivity contribution in [2.24, 2.45) is 0 Å². The highest BCUT2D eigenvalue weighted by atomic mass is 32.2. The molecular formula is C15H22FN4O6PS. The number of rotatable bonds is 5. The van der Waals surface area contributed by atoms with Gasteiger partial charge in [-0.3, -0.25) is 18.4 Å². The van der Waals surface area contributed by atoms with Gasteiger partial charge >= 0.3 is 19.4 Å². The summed E-state index contributed by atoms with van der Waals surface area (Å²) in [4.78, 5) is 27.5. The molecule has 10 nitrogen and oxygen atoms in total. The highest BCUT2D eigenvalue weighted by molar-refractivity contribution is 8.00. The molecule has 2 aliphatic heterocycles. The van der Waals surface area contributed by atoms with E-state index in [0.717, 1.165) is 16.3 Å². The predicted molar refractivity (Wildman–Crippen MR) is 100 cm³/mol. The minimum absolute atomic E-state index is 0.0348. The van der Waals surface area contributed by atoms with E-state index in [0.29, 0.717) is 0 Å². The Morgan fingerprint density at radius 3 is 2.89 bits per heavy atom. The van der Waals surface area contributed by atoms with E-state index in [1.165, 1.54) is 19.2 Å². The Labute approximate surface area is 164 Å². The standard InChI is InChI=1S/C15H22FN4O6PS/c1-7(2)25-14(21)8(3)19-27(23)24-6-9-12(26-27)11(16)13(28-9)20-5-4-10(17)18-15(20)22/h4-5,7-9,11-13H,6H2,1-3H3,(H,19,23)(H2,17,18,22)/t8-,9+,11-,12+,13+,27?/m0/s1. The van der Waals surface area contributed by atoms with E-state index in [1.807, 2.05) is 0 Å². The lowest BCUT2D eigenvalue weighted by molar-refractivity contribution is -0.149. The first kappa shape index (κ1) is 21.3. The van der Waals surface area contributed by atoms with Crippen LogP contribution in [-0.4, -0.2) is 51.8 Å². The molecule has 0 radical (unpaired) electrons. The van der Waals surface area contributed by atoms with Crippen LogP contribution in [0.5, 0.6) is 0 Å². The molecule has 0 amide bonds. The molecule has 1 aromatic heterocycles. The van der Waals surface area contributed by atoms with E-state index in [4.69, 9.17) is 19.5 Å². The summed E-state index contributed by atoms with van der Waals surface area (Å²) in [6.45, 7) is 4.74. The fourth-order valence-corrected chi connectivity index (χ4v) is 6.21. The average molecular weight is 436 g/mol. The Hall–Kier alpha value is -1.46. The van der Waals surface area contributed by atoms with Gasteiger partial charge in [0.2, 0.25) is 0 Å². The SMILES string of the molecule is CC(C)OC(=O)[C@H](C)NP1(=O)OC[C@H]2S[C@@H](n3ccc(N)nc3=O)[C@@H](F)[C@@H]2O1. The molecule has 1 aromatic rings. The molecule has 28 heavy (non-hydrogen) atoms. The number of nitrogens with zero attached hydrogens (tertiary/aromatic N) is 2. The van der Waals surface area contributed by atoms with Gasteiger partial charge in [-0.05, 0) is 26.8 Å². The van der Waals surface area contributed by atoms with Crippen molar-refractivity contribution < 1.29 is 27.5 Å². The number of thioether (sulfide) groups is 1. The van der Waals surface area contributed by atoms with E-state index < -0.39 is 48.3 Å². The quantitative estimate of drug-likeness (QED) is 0.512. The van der Waals surface area contributed by atoms with Crippen molar-refractivity contribution in [2.45, 2.75) is 55.8 Å². The van der Waals surface area contributed by atoms with E-state index in [9.17, 15) is 14.2 Å². The molecule has 156 valence electrons. The molecule has 3 heterocycles. The maximum absolute atomic E-state index is 15.0. The zero-order chi connectivity index (χ0) is 20.6. The number of nitrogens with one attached hydrogen (secondary N) is 1. The second kappa shape index (κ2) is 8.11. The van der Waals surface area contributed by atoms with E-state index in [1.54, 1.807) is 13.8 Å². The number of anilines is 1. The van der Waals surface area contributed by atoms with Crippen LogP contribution in [0.25, 0.3) is 0 Å². The van der Waals surface area contributed by atoms with Gasteiger partial charge in [-0.1, -0.05) is 0 Å². The van der Waals surface area contributed by atoms with E-state index >= 15 is 4.39 Å². The third-order valence-corrected chi connectivity index (χ3v) is 7.35. The average Bonchev–Trinajstić information content (AvgIpc) is 2.90. The van der Waals surface area contributed by atoms with Crippen molar-refractivity contribution in [1.29, 1.82) is 0 Å². The number of nitrogen functional groups attached to an aromatic ring is 1. The molecule has 0 aliphatic carbocycles. The number of hydrogen-bond acceptors (Lipinski definition) is 9. The summed E-state index contributed by atoms with van der Waals surface area (Å²) in [5.74, 6) is -0.595. The maximum atomic E-state index is 15.0. The third kappa shape index (κ3) is 4.41. The van der Waals surface area contributed by atoms with Gasteiger partial charge in [0.25, 0.3) is 0 Å². The molecule has 13 heteroatoms. The number of ether oxygens (including phenoxy) is 1. The van der Waals surface area contributed by atoms with Crippen molar-refractivity contribution in [3.63, 3.8) is 0 Å². The molecule has 2 saturated heterocycles. The summed E-state index contributed by atoms with van der Waals surface area (Å²) in [6.07, 6.45) is -1.71. The monoisotopic (exact) mass is 436 g/mol. The summed E-state index contributed by atoms with van der Waals surface area (Å²) >= 11 is 1.13. The highest BCUT2D eigenvalue weighted by Crippen LogP contribution is 2.57. The number of fused-ring (bicyclic) bond motifs is 1. The molecule has 3 N–H and O–H groups in total. The van der Waals surface area contributed by atoms with E-state index in [-0.39, 0.29) is 18.5 Å². The van der Waals surface area contributed by atoms with Gasteiger partial charge in [0.15, 0.2) is 6.17 Å². The van der Waals surface area contributed by atoms with Gasteiger partial charge in [-0.25, -0.2) is 18.8 Å². The third-order valence-electron chi connectivity index (χ3n) is 4.12. The Morgan fingerprint density at radius 1 is 1.54 bits per heavy atom. The molecule has 2 fully saturated rings. The van der Waals surface area contributed by atoms with Crippen LogP contribution in [0.4, 0.5) is 10.2 Å². The van der Waals surface area contributed by atoms with Crippen LogP contribution in [0, 0.1) is 0 Å². The Bertz CT molecular complexity index is 854. The maximum Gasteiger partial charge on any atom is 0.406 e. The van der Waals surface area contributed by atoms with Gasteiger partial charge < -0.3 is 10.5 Å². The van der Waals surface area contributed by atoms with Crippen LogP contribution in [-0.2, 0) is 23.1 Å². The summed E-state index contributed by atoms with van der Waals surface area (Å²) in [5.41, 5.74) is 4.77. The molecule has 0 bridgehead atoms. The van der Waals surface area contributed by atoms with Gasteiger partial charge in [0.1, 0.15) is 23.3 Å². The Balaban J connectivity index is 1.71. The number of carbonyl (C=O) groups is 1. The predicted octanol–water partition coefficient (Wildman–Crippen LogP) is 1.23. The number of aromatic nitrogens is 2. The van der Waals surface area contributed by atoms with Crippen LogP contribution in [0.2, 0.25) is 0 Å². The topological polar surface area (TPSA) is 135 Å². The number of halogens is 1. The van der Waals surface area contributed by atoms with Crippen molar-refractivity contribution >= 4 is 31.3 Å². The Morgan fingerprint density at radius 2 is 2.25 bits per heavy atom. The Kier molecular flexibility index (Phi) is 6.16. The zero-order valence-electron chi connectivity index (χ0n) is 15.5. The van der Waals surface area contributed by atoms with Gasteiger partial charge in [-0.2, -0.15) is 4.98 Å². The lowest BCUT2D eigenvalue weighted by Gasteiger charge is -2.33. The molecular weight excluding hydrogens is 414 g/mol. The van der Waals surface area contributed by atoms with Crippen molar-refractivity contribution in [3.8, 4) is 0 Å². The fraction of sp³-hybridized carbons (Fsp3) is 0.667. The smallest absolute Gasteiger partial charge is 0.406 e. The first-order chi connectivity index (χ1) is 13.1. The lowest BCUT2D eigenvalue weighted by Crippen LogP contribution is -2.43. The number of alkyl halides is 1. The molecule has 3 rings (SSSR count). The van der Waals surface area contributed by atoms with E-state index in [2.05, 4.69) is 10.1 Å². The highest BCUT2D eigenvalue weighted by Gasteiger charge is 2.53. The van der Waals surface area contributed by atoms with Crippen LogP contribution < -0.4 is 16.5 Å². The molecule has 0 spiro atoms. The molecule has 0 saturated carbocycles. The lowest BCUT2D eigenvalue weighted by atomic mass is 10.1. The van der Waals surface area contributed by atoms with Gasteiger partial charge in [-0.15, -0.1) is 11.8 Å². The molecule has 2 aliphatic rings. The van der Waals surface area contributed by atoms with Crippen LogP contribution >= 0.6 is 19.5 Å². The zero-order valence-corrected chi connectivity index (χ0v) is 17.2. The number of nitrogens with two attached hydrogens (primary N) is 1. The summed E-state index contributed by atoms with van der Waals surface area (Å²) < 4.78 is 44.7. The summed E-state index contributed by atoms with van der Waals surface area (Å²) in [6, 6.07) is 0.416. The number of esters is 1. The second-order valence-corrected chi connectivity index (χ2v) is 9.83. The van der Waals surface area contributed by atoms with Crippen molar-refractivity contribution in [3.05, 3.63) is 22.7 Å². The fourth-order valence-electron chi connectivity index (χ4n) is 2.85. The largest absolute Gasteiger partial charge is 0.462 e.